The molecule has 0 unspecified atom stereocenters. The van der Waals surface area contributed by atoms with Crippen LogP contribution >= 0.6 is 0 Å². The van der Waals surface area contributed by atoms with E-state index < -0.39 is 10.0 Å². The number of nitrogens with zero attached hydrogens (tertiary/aromatic N) is 2. The number of aromatic nitrogens is 2. The summed E-state index contributed by atoms with van der Waals surface area (Å²) in [5.41, 5.74) is 0.827. The molecule has 3 heterocycles. The summed E-state index contributed by atoms with van der Waals surface area (Å²) in [7, 11) is -3.57. The Balaban J connectivity index is 1.61. The third-order valence-corrected chi connectivity index (χ3v) is 7.53. The molecule has 26 heavy (non-hydrogen) atoms. The molecule has 0 saturated carbocycles. The third kappa shape index (κ3) is 3.45. The first kappa shape index (κ1) is 17.8. The highest BCUT2D eigenvalue weighted by Gasteiger charge is 2.34. The molecule has 2 fully saturated rings. The van der Waals surface area contributed by atoms with Gasteiger partial charge in [-0.25, -0.2) is 13.2 Å². The number of hydrogen-bond acceptors (Lipinski definition) is 4. The highest BCUT2D eigenvalue weighted by atomic mass is 32.2. The minimum absolute atomic E-state index is 0.0350. The van der Waals surface area contributed by atoms with Crippen LogP contribution in [-0.4, -0.2) is 59.8 Å². The topological polar surface area (TPSA) is 89.3 Å². The van der Waals surface area contributed by atoms with E-state index in [-0.39, 0.29) is 16.6 Å². The molecule has 0 aliphatic carbocycles. The van der Waals surface area contributed by atoms with Crippen LogP contribution in [0.15, 0.2) is 27.9 Å². The lowest BCUT2D eigenvalue weighted by Gasteiger charge is -2.38. The van der Waals surface area contributed by atoms with Gasteiger partial charge < -0.3 is 14.9 Å². The van der Waals surface area contributed by atoms with Crippen molar-refractivity contribution in [3.8, 4) is 0 Å². The molecule has 2 saturated heterocycles. The summed E-state index contributed by atoms with van der Waals surface area (Å²) in [6.07, 6.45) is 6.58. The summed E-state index contributed by atoms with van der Waals surface area (Å²) in [6.45, 7) is 3.53. The van der Waals surface area contributed by atoms with Gasteiger partial charge in [0.1, 0.15) is 0 Å². The van der Waals surface area contributed by atoms with E-state index in [1.807, 2.05) is 0 Å². The van der Waals surface area contributed by atoms with Crippen LogP contribution in [0.3, 0.4) is 0 Å². The maximum Gasteiger partial charge on any atom is 0.323 e. The molecule has 2 aliphatic rings. The summed E-state index contributed by atoms with van der Waals surface area (Å²) in [5, 5.41) is 0. The van der Waals surface area contributed by atoms with E-state index in [1.165, 1.54) is 19.3 Å². The van der Waals surface area contributed by atoms with E-state index in [0.717, 1.165) is 38.9 Å². The number of hydrogen-bond donors (Lipinski definition) is 2. The predicted molar refractivity (Wildman–Crippen MR) is 101 cm³/mol. The maximum atomic E-state index is 13.3. The van der Waals surface area contributed by atoms with Crippen LogP contribution in [0.25, 0.3) is 11.0 Å². The Bertz CT molecular complexity index is 927. The van der Waals surface area contributed by atoms with Crippen LogP contribution in [0.4, 0.5) is 0 Å². The Kier molecular flexibility index (Phi) is 4.90. The molecule has 1 aromatic heterocycles. The Morgan fingerprint density at radius 2 is 1.69 bits per heavy atom. The number of nitrogens with one attached hydrogen (secondary N) is 2. The fourth-order valence-corrected chi connectivity index (χ4v) is 5.93. The van der Waals surface area contributed by atoms with Gasteiger partial charge in [-0.3, -0.25) is 0 Å². The molecule has 142 valence electrons. The average Bonchev–Trinajstić information content (AvgIpc) is 3.02. The molecule has 0 amide bonds. The molecule has 0 radical (unpaired) electrons. The van der Waals surface area contributed by atoms with Gasteiger partial charge in [0.15, 0.2) is 0 Å². The largest absolute Gasteiger partial charge is 0.323 e. The van der Waals surface area contributed by atoms with E-state index in [2.05, 4.69) is 14.9 Å². The third-order valence-electron chi connectivity index (χ3n) is 5.58. The molecular formula is C18H26N4O3S. The molecule has 2 N–H and O–H groups in total. The second-order valence-electron chi connectivity index (χ2n) is 7.41. The summed E-state index contributed by atoms with van der Waals surface area (Å²) in [5.74, 6) is 0. The van der Waals surface area contributed by atoms with Crippen LogP contribution < -0.4 is 5.69 Å². The van der Waals surface area contributed by atoms with Gasteiger partial charge in [-0.1, -0.05) is 12.8 Å². The number of sulfonamides is 1. The van der Waals surface area contributed by atoms with Crippen molar-refractivity contribution in [3.05, 3.63) is 28.7 Å². The monoisotopic (exact) mass is 378 g/mol. The molecule has 8 heteroatoms. The smallest absolute Gasteiger partial charge is 0.306 e. The zero-order valence-corrected chi connectivity index (χ0v) is 15.7. The van der Waals surface area contributed by atoms with Crippen molar-refractivity contribution in [2.75, 3.05) is 26.2 Å². The van der Waals surface area contributed by atoms with Crippen LogP contribution in [0.1, 0.15) is 38.5 Å². The van der Waals surface area contributed by atoms with Crippen molar-refractivity contribution < 1.29 is 8.42 Å². The summed E-state index contributed by atoms with van der Waals surface area (Å²) in [6, 6.07) is 4.85. The van der Waals surface area contributed by atoms with E-state index >= 15 is 0 Å². The summed E-state index contributed by atoms with van der Waals surface area (Å²) < 4.78 is 28.3. The fourth-order valence-electron chi connectivity index (χ4n) is 4.22. The second kappa shape index (κ2) is 7.17. The van der Waals surface area contributed by atoms with Gasteiger partial charge in [0.25, 0.3) is 0 Å². The van der Waals surface area contributed by atoms with E-state index in [4.69, 9.17) is 0 Å². The standard InChI is InChI=1S/C18H26N4O3S/c23-18-19-16-8-7-15(12-17(16)20-18)26(24,25)22-11-5-2-6-14(22)13-21-9-3-1-4-10-21/h7-8,12,14H,1-6,9-11,13H2,(H2,19,20,23)/t14-/m0/s1. The van der Waals surface area contributed by atoms with E-state index in [0.29, 0.717) is 17.6 Å². The molecule has 7 nitrogen and oxygen atoms in total. The van der Waals surface area contributed by atoms with Crippen molar-refractivity contribution in [1.29, 1.82) is 0 Å². The molecule has 4 rings (SSSR count). The minimum Gasteiger partial charge on any atom is -0.306 e. The lowest BCUT2D eigenvalue weighted by atomic mass is 10.0. The molecule has 0 spiro atoms. The highest BCUT2D eigenvalue weighted by Crippen LogP contribution is 2.27. The highest BCUT2D eigenvalue weighted by molar-refractivity contribution is 7.89. The molecule has 0 bridgehead atoms. The fraction of sp³-hybridized carbons (Fsp3) is 0.611. The number of likely N-dealkylation sites (tertiary alicyclic amines) is 1. The van der Waals surface area contributed by atoms with Crippen molar-refractivity contribution >= 4 is 21.1 Å². The van der Waals surface area contributed by atoms with Crippen LogP contribution in [-0.2, 0) is 10.0 Å². The second-order valence-corrected chi connectivity index (χ2v) is 9.30. The first-order valence-corrected chi connectivity index (χ1v) is 10.9. The van der Waals surface area contributed by atoms with Gasteiger partial charge in [0.2, 0.25) is 10.0 Å². The molecule has 1 aromatic carbocycles. The van der Waals surface area contributed by atoms with Crippen LogP contribution in [0.5, 0.6) is 0 Å². The molecule has 2 aromatic rings. The number of rotatable bonds is 4. The van der Waals surface area contributed by atoms with Crippen LogP contribution in [0, 0.1) is 0 Å². The Morgan fingerprint density at radius 1 is 0.962 bits per heavy atom. The number of piperidine rings is 2. The summed E-state index contributed by atoms with van der Waals surface area (Å²) >= 11 is 0. The number of H-pyrrole nitrogens is 2. The molecule has 2 aliphatic heterocycles. The Morgan fingerprint density at radius 3 is 2.50 bits per heavy atom. The zero-order chi connectivity index (χ0) is 18.1. The normalized spacial score (nSPS) is 23.5. The van der Waals surface area contributed by atoms with Gasteiger partial charge in [-0.15, -0.1) is 0 Å². The van der Waals surface area contributed by atoms with Crippen molar-refractivity contribution in [2.24, 2.45) is 0 Å². The zero-order valence-electron chi connectivity index (χ0n) is 14.9. The van der Waals surface area contributed by atoms with Crippen molar-refractivity contribution in [2.45, 2.75) is 49.5 Å². The number of benzene rings is 1. The molecule has 1 atom stereocenters. The van der Waals surface area contributed by atoms with Gasteiger partial charge in [0, 0.05) is 19.1 Å². The lowest BCUT2D eigenvalue weighted by molar-refractivity contribution is 0.150. The predicted octanol–water partition coefficient (Wildman–Crippen LogP) is 1.89. The van der Waals surface area contributed by atoms with Gasteiger partial charge in [-0.05, 0) is 57.0 Å². The van der Waals surface area contributed by atoms with Gasteiger partial charge in [0.05, 0.1) is 15.9 Å². The van der Waals surface area contributed by atoms with Gasteiger partial charge in [-0.2, -0.15) is 4.31 Å². The lowest BCUT2D eigenvalue weighted by Crippen LogP contribution is -2.50. The quantitative estimate of drug-likeness (QED) is 0.850. The first-order chi connectivity index (χ1) is 12.5. The number of fused-ring (bicyclic) bond motifs is 1. The summed E-state index contributed by atoms with van der Waals surface area (Å²) in [4.78, 5) is 19.4. The maximum absolute atomic E-state index is 13.3. The van der Waals surface area contributed by atoms with E-state index in [9.17, 15) is 13.2 Å². The van der Waals surface area contributed by atoms with Crippen molar-refractivity contribution in [1.82, 2.24) is 19.2 Å². The van der Waals surface area contributed by atoms with Crippen LogP contribution in [0.2, 0.25) is 0 Å². The molecular weight excluding hydrogens is 352 g/mol. The number of imidazole rings is 1. The first-order valence-electron chi connectivity index (χ1n) is 9.50. The Labute approximate surface area is 153 Å². The van der Waals surface area contributed by atoms with E-state index in [1.54, 1.807) is 22.5 Å². The average molecular weight is 378 g/mol. The Hall–Kier alpha value is -1.64. The minimum atomic E-state index is -3.57. The number of aromatic amines is 2. The SMILES string of the molecule is O=c1[nH]c2ccc(S(=O)(=O)N3CCCC[C@H]3CN3CCCCC3)cc2[nH]1. The van der Waals surface area contributed by atoms with Crippen molar-refractivity contribution in [3.63, 3.8) is 0 Å². The van der Waals surface area contributed by atoms with Gasteiger partial charge >= 0.3 is 5.69 Å².